The molecule has 0 bridgehead atoms. The Morgan fingerprint density at radius 3 is 2.51 bits per heavy atom. The number of ether oxygens (including phenoxy) is 1. The van der Waals surface area contributed by atoms with Gasteiger partial charge in [-0.15, -0.1) is 0 Å². The smallest absolute Gasteiger partial charge is 0.416 e. The SMILES string of the molecule is Cc1cc(C(=O)Nc2ccc(N3CC(C)(CNC(=O)c4ccc(-c5nc6cc(C#N)cc(C(C)C)c6o5)cc4)OC3=O)nc2)n(C)n1. The van der Waals surface area contributed by atoms with Crippen molar-refractivity contribution in [2.75, 3.05) is 23.3 Å². The summed E-state index contributed by atoms with van der Waals surface area (Å²) in [6.07, 6.45) is 0.861. The Hall–Kier alpha value is -6.03. The maximum atomic E-state index is 13.0. The van der Waals surface area contributed by atoms with Crippen molar-refractivity contribution in [3.63, 3.8) is 0 Å². The van der Waals surface area contributed by atoms with Gasteiger partial charge in [0.25, 0.3) is 11.8 Å². The zero-order valence-electron chi connectivity index (χ0n) is 26.5. The lowest BCUT2D eigenvalue weighted by molar-refractivity contribution is 0.0653. The first kappa shape index (κ1) is 31.0. The van der Waals surface area contributed by atoms with Crippen molar-refractivity contribution in [2.45, 2.75) is 39.2 Å². The van der Waals surface area contributed by atoms with E-state index in [1.807, 2.05) is 19.9 Å². The van der Waals surface area contributed by atoms with Gasteiger partial charge >= 0.3 is 6.09 Å². The second-order valence-electron chi connectivity index (χ2n) is 12.0. The summed E-state index contributed by atoms with van der Waals surface area (Å²) < 4.78 is 13.2. The maximum absolute atomic E-state index is 13.0. The van der Waals surface area contributed by atoms with Crippen LogP contribution >= 0.6 is 0 Å². The molecule has 0 saturated carbocycles. The number of aryl methyl sites for hydroxylation is 2. The van der Waals surface area contributed by atoms with Gasteiger partial charge in [-0.1, -0.05) is 13.8 Å². The number of anilines is 2. The number of cyclic esters (lactones) is 1. The molecule has 0 spiro atoms. The second kappa shape index (κ2) is 12.1. The largest absolute Gasteiger partial charge is 0.439 e. The topological polar surface area (TPSA) is 168 Å². The number of oxazole rings is 1. The quantitative estimate of drug-likeness (QED) is 0.230. The molecule has 1 atom stereocenters. The summed E-state index contributed by atoms with van der Waals surface area (Å²) in [5.41, 5.74) is 4.33. The molecule has 47 heavy (non-hydrogen) atoms. The van der Waals surface area contributed by atoms with Crippen LogP contribution in [0.4, 0.5) is 16.3 Å². The first-order valence-electron chi connectivity index (χ1n) is 14.9. The van der Waals surface area contributed by atoms with Crippen molar-refractivity contribution in [1.29, 1.82) is 5.26 Å². The number of rotatable bonds is 8. The minimum atomic E-state index is -1.01. The van der Waals surface area contributed by atoms with E-state index >= 15 is 0 Å². The molecular formula is C34H32N8O5. The third-order valence-electron chi connectivity index (χ3n) is 7.85. The van der Waals surface area contributed by atoms with Gasteiger partial charge in [0.1, 0.15) is 22.6 Å². The summed E-state index contributed by atoms with van der Waals surface area (Å²) >= 11 is 0. The molecule has 0 radical (unpaired) electrons. The fraction of sp³-hybridized carbons (Fsp3) is 0.265. The van der Waals surface area contributed by atoms with Gasteiger partial charge in [-0.25, -0.2) is 14.8 Å². The highest BCUT2D eigenvalue weighted by Crippen LogP contribution is 2.32. The summed E-state index contributed by atoms with van der Waals surface area (Å²) in [6.45, 7) is 7.81. The molecule has 13 nitrogen and oxygen atoms in total. The van der Waals surface area contributed by atoms with Crippen LogP contribution in [0.15, 0.2) is 65.2 Å². The summed E-state index contributed by atoms with van der Waals surface area (Å²) in [7, 11) is 1.69. The van der Waals surface area contributed by atoms with Gasteiger partial charge in [0.2, 0.25) is 5.89 Å². The van der Waals surface area contributed by atoms with Gasteiger partial charge in [0.05, 0.1) is 42.3 Å². The molecule has 1 aliphatic rings. The van der Waals surface area contributed by atoms with Crippen LogP contribution in [0.3, 0.4) is 0 Å². The number of nitriles is 1. The zero-order valence-corrected chi connectivity index (χ0v) is 26.5. The van der Waals surface area contributed by atoms with Crippen molar-refractivity contribution in [3.8, 4) is 17.5 Å². The molecular weight excluding hydrogens is 600 g/mol. The van der Waals surface area contributed by atoms with Crippen LogP contribution in [0.2, 0.25) is 0 Å². The standard InChI is InChI=1S/C34H32N8O5/c1-19(2)25-13-21(15-35)14-26-29(25)46-32(39-26)23-8-6-22(7-9-23)30(43)37-17-34(4)18-42(33(45)47-34)28-11-10-24(16-36-28)38-31(44)27-12-20(3)40-41(27)5/h6-14,16,19H,17-18H2,1-5H3,(H,37,43)(H,38,44). The second-order valence-corrected chi connectivity index (χ2v) is 12.0. The number of nitrogens with zero attached hydrogens (tertiary/aromatic N) is 6. The number of pyridine rings is 1. The van der Waals surface area contributed by atoms with Crippen LogP contribution in [0.25, 0.3) is 22.6 Å². The van der Waals surface area contributed by atoms with Crippen molar-refractivity contribution in [1.82, 2.24) is 25.1 Å². The predicted octanol–water partition coefficient (Wildman–Crippen LogP) is 5.32. The number of carbonyl (C=O) groups excluding carboxylic acids is 3. The monoisotopic (exact) mass is 632 g/mol. The van der Waals surface area contributed by atoms with Crippen molar-refractivity contribution in [2.24, 2.45) is 7.05 Å². The molecule has 2 aromatic carbocycles. The molecule has 1 unspecified atom stereocenters. The lowest BCUT2D eigenvalue weighted by atomic mass is 10.00. The van der Waals surface area contributed by atoms with Gasteiger partial charge in [-0.3, -0.25) is 19.2 Å². The Kier molecular flexibility index (Phi) is 7.94. The molecule has 5 aromatic rings. The van der Waals surface area contributed by atoms with E-state index in [-0.39, 0.29) is 30.8 Å². The molecule has 4 heterocycles. The third-order valence-corrected chi connectivity index (χ3v) is 7.85. The van der Waals surface area contributed by atoms with E-state index in [9.17, 15) is 19.6 Å². The third kappa shape index (κ3) is 6.26. The fourth-order valence-corrected chi connectivity index (χ4v) is 5.41. The van der Waals surface area contributed by atoms with E-state index in [2.05, 4.69) is 31.8 Å². The van der Waals surface area contributed by atoms with Crippen molar-refractivity contribution in [3.05, 3.63) is 88.9 Å². The molecule has 1 fully saturated rings. The molecule has 2 N–H and O–H groups in total. The average Bonchev–Trinajstić information content (AvgIpc) is 3.73. The number of fused-ring (bicyclic) bond motifs is 1. The summed E-state index contributed by atoms with van der Waals surface area (Å²) in [5, 5.41) is 19.2. The normalized spacial score (nSPS) is 15.9. The van der Waals surface area contributed by atoms with E-state index < -0.39 is 11.7 Å². The Labute approximate surface area is 270 Å². The molecule has 3 aromatic heterocycles. The number of amides is 3. The van der Waals surface area contributed by atoms with E-state index in [0.717, 1.165) is 11.3 Å². The Morgan fingerprint density at radius 1 is 1.11 bits per heavy atom. The van der Waals surface area contributed by atoms with Gasteiger partial charge in [-0.2, -0.15) is 10.4 Å². The molecule has 6 rings (SSSR count). The number of nitrogens with one attached hydrogen (secondary N) is 2. The maximum Gasteiger partial charge on any atom is 0.416 e. The van der Waals surface area contributed by atoms with E-state index in [1.165, 1.54) is 15.8 Å². The van der Waals surface area contributed by atoms with Gasteiger partial charge in [-0.05, 0) is 74.4 Å². The number of aromatic nitrogens is 4. The molecule has 1 saturated heterocycles. The van der Waals surface area contributed by atoms with Crippen LogP contribution < -0.4 is 15.5 Å². The summed E-state index contributed by atoms with van der Waals surface area (Å²) in [5.74, 6) is 0.208. The highest BCUT2D eigenvalue weighted by atomic mass is 16.6. The highest BCUT2D eigenvalue weighted by molar-refractivity contribution is 6.03. The van der Waals surface area contributed by atoms with Crippen molar-refractivity contribution >= 4 is 40.5 Å². The number of hydrogen-bond acceptors (Lipinski definition) is 9. The van der Waals surface area contributed by atoms with Crippen LogP contribution in [0.1, 0.15) is 64.4 Å². The minimum absolute atomic E-state index is 0.0679. The molecule has 13 heteroatoms. The van der Waals surface area contributed by atoms with Gasteiger partial charge in [0, 0.05) is 23.7 Å². The van der Waals surface area contributed by atoms with Crippen LogP contribution in [-0.2, 0) is 11.8 Å². The first-order valence-corrected chi connectivity index (χ1v) is 14.9. The summed E-state index contributed by atoms with van der Waals surface area (Å²) in [4.78, 5) is 48.7. The van der Waals surface area contributed by atoms with E-state index in [0.29, 0.717) is 50.9 Å². The Balaban J connectivity index is 1.07. The number of benzene rings is 2. The van der Waals surface area contributed by atoms with Crippen LogP contribution in [-0.4, -0.2) is 56.3 Å². The predicted molar refractivity (Wildman–Crippen MR) is 173 cm³/mol. The lowest BCUT2D eigenvalue weighted by Gasteiger charge is -2.22. The lowest BCUT2D eigenvalue weighted by Crippen LogP contribution is -2.43. The van der Waals surface area contributed by atoms with Crippen molar-refractivity contribution < 1.29 is 23.5 Å². The molecule has 0 aliphatic carbocycles. The first-order chi connectivity index (χ1) is 22.4. The average molecular weight is 633 g/mol. The molecule has 1 aliphatic heterocycles. The zero-order chi connectivity index (χ0) is 33.5. The van der Waals surface area contributed by atoms with E-state index in [1.54, 1.807) is 69.4 Å². The Morgan fingerprint density at radius 2 is 1.87 bits per heavy atom. The Bertz CT molecular complexity index is 2060. The molecule has 3 amide bonds. The van der Waals surface area contributed by atoms with E-state index in [4.69, 9.17) is 9.15 Å². The van der Waals surface area contributed by atoms with Gasteiger partial charge < -0.3 is 19.8 Å². The van der Waals surface area contributed by atoms with Crippen LogP contribution in [0.5, 0.6) is 0 Å². The summed E-state index contributed by atoms with van der Waals surface area (Å²) in [6, 6.07) is 17.4. The fourth-order valence-electron chi connectivity index (χ4n) is 5.41. The number of carbonyl (C=O) groups is 3. The van der Waals surface area contributed by atoms with Crippen LogP contribution in [0, 0.1) is 18.3 Å². The minimum Gasteiger partial charge on any atom is -0.439 e. The number of hydrogen-bond donors (Lipinski definition) is 2. The van der Waals surface area contributed by atoms with Gasteiger partial charge in [0.15, 0.2) is 5.58 Å². The molecule has 238 valence electrons. The highest BCUT2D eigenvalue weighted by Gasteiger charge is 2.43.